The molecule has 12 aromatic carbocycles. The van der Waals surface area contributed by atoms with Gasteiger partial charge in [0.15, 0.2) is 0 Å². The van der Waals surface area contributed by atoms with E-state index in [0.29, 0.717) is 0 Å². The predicted octanol–water partition coefficient (Wildman–Crippen LogP) is 20.3. The van der Waals surface area contributed by atoms with E-state index in [-0.39, 0.29) is 0 Å². The maximum absolute atomic E-state index is 6.92. The minimum absolute atomic E-state index is 0.869. The Balaban J connectivity index is 0.970. The highest BCUT2D eigenvalue weighted by atomic mass is 16.3. The molecule has 3 nitrogen and oxygen atoms in total. The van der Waals surface area contributed by atoms with Crippen molar-refractivity contribution in [2.75, 3.05) is 9.80 Å². The van der Waals surface area contributed by atoms with E-state index in [1.807, 2.05) is 0 Å². The van der Waals surface area contributed by atoms with Gasteiger partial charge in [0.1, 0.15) is 11.2 Å². The first-order valence-electron chi connectivity index (χ1n) is 25.4. The number of benzene rings is 12. The van der Waals surface area contributed by atoms with E-state index < -0.39 is 0 Å². The third-order valence-electron chi connectivity index (χ3n) is 15.0. The van der Waals surface area contributed by atoms with E-state index in [9.17, 15) is 0 Å². The van der Waals surface area contributed by atoms with Gasteiger partial charge >= 0.3 is 0 Å². The highest BCUT2D eigenvalue weighted by Crippen LogP contribution is 2.50. The Morgan fingerprint density at radius 1 is 0.274 bits per heavy atom. The predicted molar refractivity (Wildman–Crippen MR) is 312 cm³/mol. The molecule has 73 heavy (non-hydrogen) atoms. The van der Waals surface area contributed by atoms with E-state index in [0.717, 1.165) is 77.6 Å². The maximum Gasteiger partial charge on any atom is 0.136 e. The van der Waals surface area contributed by atoms with Crippen molar-refractivity contribution in [3.05, 3.63) is 252 Å². The van der Waals surface area contributed by atoms with Crippen LogP contribution < -0.4 is 9.80 Å². The Morgan fingerprint density at radius 2 is 0.644 bits per heavy atom. The van der Waals surface area contributed by atoms with Crippen LogP contribution in [0.15, 0.2) is 223 Å². The van der Waals surface area contributed by atoms with Gasteiger partial charge in [-0.3, -0.25) is 0 Å². The molecule has 0 amide bonds. The first-order valence-corrected chi connectivity index (χ1v) is 25.4. The first-order chi connectivity index (χ1) is 35.6. The molecule has 0 aliphatic carbocycles. The quantitative estimate of drug-likeness (QED) is 0.151. The molecule has 0 bridgehead atoms. The molecule has 0 radical (unpaired) electrons. The molecule has 0 saturated heterocycles. The van der Waals surface area contributed by atoms with Gasteiger partial charge < -0.3 is 14.2 Å². The Labute approximate surface area is 426 Å². The van der Waals surface area contributed by atoms with E-state index >= 15 is 0 Å². The van der Waals surface area contributed by atoms with Crippen molar-refractivity contribution < 1.29 is 4.42 Å². The van der Waals surface area contributed by atoms with E-state index in [2.05, 4.69) is 270 Å². The van der Waals surface area contributed by atoms with Crippen LogP contribution in [0.5, 0.6) is 0 Å². The zero-order valence-electron chi connectivity index (χ0n) is 42.1. The lowest BCUT2D eigenvalue weighted by Gasteiger charge is -2.30. The van der Waals surface area contributed by atoms with Crippen molar-refractivity contribution in [3.8, 4) is 22.3 Å². The molecule has 0 unspecified atom stereocenters. The van der Waals surface area contributed by atoms with Gasteiger partial charge in [-0.1, -0.05) is 157 Å². The van der Waals surface area contributed by atoms with Gasteiger partial charge in [-0.05, 0) is 180 Å². The van der Waals surface area contributed by atoms with Crippen molar-refractivity contribution >= 4 is 99.2 Å². The number of hydrogen-bond donors (Lipinski definition) is 0. The average molecular weight is 939 g/mol. The zero-order chi connectivity index (χ0) is 49.5. The molecular formula is C70H54N2O. The van der Waals surface area contributed by atoms with Gasteiger partial charge in [0, 0.05) is 55.4 Å². The number of fused-ring (bicyclic) bond motifs is 7. The fourth-order valence-corrected chi connectivity index (χ4v) is 12.1. The maximum atomic E-state index is 6.92. The van der Waals surface area contributed by atoms with Crippen LogP contribution in [-0.2, 0) is 0 Å². The number of furan rings is 1. The van der Waals surface area contributed by atoms with Crippen LogP contribution in [0.2, 0.25) is 0 Å². The van der Waals surface area contributed by atoms with Crippen molar-refractivity contribution in [1.29, 1.82) is 0 Å². The van der Waals surface area contributed by atoms with Crippen molar-refractivity contribution in [3.63, 3.8) is 0 Å². The largest absolute Gasteiger partial charge is 0.456 e. The third-order valence-corrected chi connectivity index (χ3v) is 15.0. The summed E-state index contributed by atoms with van der Waals surface area (Å²) in [5, 5.41) is 11.6. The number of aryl methyl sites for hydroxylation is 6. The molecule has 13 aromatic rings. The summed E-state index contributed by atoms with van der Waals surface area (Å²) in [5.74, 6) is 0. The van der Waals surface area contributed by atoms with Gasteiger partial charge in [0.2, 0.25) is 0 Å². The van der Waals surface area contributed by atoms with E-state index in [1.165, 1.54) is 77.2 Å². The Bertz CT molecular complexity index is 4010. The number of nitrogens with zero attached hydrogens (tertiary/aromatic N) is 2. The monoisotopic (exact) mass is 938 g/mol. The molecule has 13 rings (SSSR count). The number of anilines is 6. The molecule has 3 heteroatoms. The highest BCUT2D eigenvalue weighted by Gasteiger charge is 2.25. The van der Waals surface area contributed by atoms with Crippen LogP contribution in [0.4, 0.5) is 34.1 Å². The smallest absolute Gasteiger partial charge is 0.136 e. The molecule has 350 valence electrons. The van der Waals surface area contributed by atoms with Crippen LogP contribution >= 0.6 is 0 Å². The summed E-state index contributed by atoms with van der Waals surface area (Å²) in [7, 11) is 0. The van der Waals surface area contributed by atoms with E-state index in [4.69, 9.17) is 4.42 Å². The molecule has 0 atom stereocenters. The lowest BCUT2D eigenvalue weighted by atomic mass is 9.90. The van der Waals surface area contributed by atoms with Crippen LogP contribution in [0, 0.1) is 41.5 Å². The molecule has 0 aliphatic rings. The lowest BCUT2D eigenvalue weighted by molar-refractivity contribution is 0.670. The van der Waals surface area contributed by atoms with Crippen molar-refractivity contribution in [2.24, 2.45) is 0 Å². The van der Waals surface area contributed by atoms with Crippen LogP contribution in [-0.4, -0.2) is 0 Å². The molecule has 0 aliphatic heterocycles. The van der Waals surface area contributed by atoms with E-state index in [1.54, 1.807) is 0 Å². The zero-order valence-corrected chi connectivity index (χ0v) is 42.1. The summed E-state index contributed by atoms with van der Waals surface area (Å²) in [6, 6.07) is 80.4. The minimum Gasteiger partial charge on any atom is -0.456 e. The van der Waals surface area contributed by atoms with Crippen molar-refractivity contribution in [1.82, 2.24) is 0 Å². The summed E-state index contributed by atoms with van der Waals surface area (Å²) >= 11 is 0. The SMILES string of the molecule is Cc1cc(C)c(-c2ccc3ccccc3c2N(c2ccccc2)c2ccc3cc4c(cc3c2)oc2cc3cc(N(c5ccccc5)c5c(-c6c(C)cc(C)cc6C)ccc6ccccc56)ccc3cc24)c(C)c1. The van der Waals surface area contributed by atoms with Gasteiger partial charge in [0.05, 0.1) is 11.4 Å². The Morgan fingerprint density at radius 3 is 1.05 bits per heavy atom. The first kappa shape index (κ1) is 44.1. The number of hydrogen-bond acceptors (Lipinski definition) is 3. The standard InChI is InChI=1S/C70H54N2O/c1-43-33-45(3)67(46(4)34-43)61-31-27-49-17-13-15-23-59(49)69(61)71(55-19-9-7-10-20-55)57-29-25-51-39-63-64-40-52-26-30-58(38-54(52)42-66(64)73-65(63)41-53(51)37-57)72(56-21-11-8-12-22-56)70-60-24-16-14-18-50(60)28-32-62(70)68-47(5)35-44(2)36-48(68)6/h7-42H,1-6H3. The molecular weight excluding hydrogens is 885 g/mol. The molecule has 0 spiro atoms. The van der Waals surface area contributed by atoms with Gasteiger partial charge in [-0.25, -0.2) is 0 Å². The topological polar surface area (TPSA) is 19.6 Å². The fourth-order valence-electron chi connectivity index (χ4n) is 12.1. The Hall–Kier alpha value is -8.92. The minimum atomic E-state index is 0.869. The molecule has 0 saturated carbocycles. The normalized spacial score (nSPS) is 11.7. The second-order valence-corrected chi connectivity index (χ2v) is 20.1. The van der Waals surface area contributed by atoms with Gasteiger partial charge in [0.25, 0.3) is 0 Å². The third kappa shape index (κ3) is 7.51. The second-order valence-electron chi connectivity index (χ2n) is 20.1. The average Bonchev–Trinajstić information content (AvgIpc) is 3.73. The summed E-state index contributed by atoms with van der Waals surface area (Å²) in [6.45, 7) is 13.3. The van der Waals surface area contributed by atoms with Gasteiger partial charge in [-0.2, -0.15) is 0 Å². The highest BCUT2D eigenvalue weighted by molar-refractivity contribution is 6.15. The Kier molecular flexibility index (Phi) is 10.5. The van der Waals surface area contributed by atoms with Crippen LogP contribution in [0.3, 0.4) is 0 Å². The summed E-state index contributed by atoms with van der Waals surface area (Å²) < 4.78 is 6.92. The summed E-state index contributed by atoms with van der Waals surface area (Å²) in [4.78, 5) is 4.90. The second kappa shape index (κ2) is 17.4. The lowest BCUT2D eigenvalue weighted by Crippen LogP contribution is -2.12. The van der Waals surface area contributed by atoms with Crippen molar-refractivity contribution in [2.45, 2.75) is 41.5 Å². The molecule has 0 fully saturated rings. The van der Waals surface area contributed by atoms with Crippen LogP contribution in [0.1, 0.15) is 33.4 Å². The number of para-hydroxylation sites is 2. The molecule has 1 heterocycles. The van der Waals surface area contributed by atoms with Crippen LogP contribution in [0.25, 0.3) is 87.3 Å². The summed E-state index contributed by atoms with van der Waals surface area (Å²) in [6.07, 6.45) is 0. The molecule has 0 N–H and O–H groups in total. The molecule has 1 aromatic heterocycles. The summed E-state index contributed by atoms with van der Waals surface area (Å²) in [5.41, 5.74) is 21.0. The fraction of sp³-hybridized carbons (Fsp3) is 0.0857. The number of rotatable bonds is 8. The van der Waals surface area contributed by atoms with Gasteiger partial charge in [-0.15, -0.1) is 0 Å².